The van der Waals surface area contributed by atoms with E-state index in [1.807, 2.05) is 0 Å². The second kappa shape index (κ2) is 7.19. The number of nitrogens with one attached hydrogen (secondary N) is 1. The minimum Gasteiger partial charge on any atom is -0.493 e. The summed E-state index contributed by atoms with van der Waals surface area (Å²) in [5, 5.41) is 3.33. The molecule has 0 unspecified atom stereocenters. The Morgan fingerprint density at radius 1 is 1.41 bits per heavy atom. The average Bonchev–Trinajstić information content (AvgIpc) is 2.27. The Bertz CT molecular complexity index is 338. The highest BCUT2D eigenvalue weighted by Crippen LogP contribution is 2.21. The zero-order valence-electron chi connectivity index (χ0n) is 9.42. The van der Waals surface area contributed by atoms with Crippen LogP contribution in [0.5, 0.6) is 5.75 Å². The number of piperidine rings is 1. The Kier molecular flexibility index (Phi) is 6.23. The van der Waals surface area contributed by atoms with Crippen molar-refractivity contribution in [2.45, 2.75) is 12.8 Å². The van der Waals surface area contributed by atoms with Crippen molar-refractivity contribution in [1.29, 1.82) is 0 Å². The van der Waals surface area contributed by atoms with Crippen molar-refractivity contribution in [3.63, 3.8) is 0 Å². The summed E-state index contributed by atoms with van der Waals surface area (Å²) in [6, 6.07) is 4.63. The average molecular weight is 325 g/mol. The van der Waals surface area contributed by atoms with Crippen molar-refractivity contribution in [2.24, 2.45) is 5.92 Å². The molecular weight excluding hydrogens is 308 g/mol. The van der Waals surface area contributed by atoms with E-state index in [1.165, 1.54) is 25.0 Å². The van der Waals surface area contributed by atoms with Crippen LogP contribution in [-0.2, 0) is 0 Å². The van der Waals surface area contributed by atoms with Gasteiger partial charge in [0.1, 0.15) is 11.6 Å². The minimum absolute atomic E-state index is 0. The van der Waals surface area contributed by atoms with Gasteiger partial charge < -0.3 is 10.1 Å². The molecule has 96 valence electrons. The Morgan fingerprint density at radius 2 is 2.24 bits per heavy atom. The first-order valence-corrected chi connectivity index (χ1v) is 6.33. The van der Waals surface area contributed by atoms with Crippen molar-refractivity contribution in [2.75, 3.05) is 19.7 Å². The molecule has 0 bridgehead atoms. The van der Waals surface area contributed by atoms with Gasteiger partial charge in [0, 0.05) is 23.0 Å². The number of halogens is 3. The van der Waals surface area contributed by atoms with Gasteiger partial charge in [-0.15, -0.1) is 12.4 Å². The SMILES string of the molecule is Cl.Fc1cc(Br)cc(OC[C@@H]2CCCNC2)c1. The molecule has 0 aliphatic carbocycles. The second-order valence-corrected chi connectivity index (χ2v) is 5.04. The van der Waals surface area contributed by atoms with E-state index in [0.29, 0.717) is 22.7 Å². The molecule has 2 rings (SSSR count). The van der Waals surface area contributed by atoms with Crippen LogP contribution in [0.4, 0.5) is 4.39 Å². The fourth-order valence-electron chi connectivity index (χ4n) is 1.89. The van der Waals surface area contributed by atoms with E-state index < -0.39 is 0 Å². The minimum atomic E-state index is -0.272. The topological polar surface area (TPSA) is 21.3 Å². The summed E-state index contributed by atoms with van der Waals surface area (Å²) >= 11 is 3.25. The van der Waals surface area contributed by atoms with Crippen LogP contribution in [0.15, 0.2) is 22.7 Å². The standard InChI is InChI=1S/C12H15BrFNO.ClH/c13-10-4-11(14)6-12(5-10)16-8-9-2-1-3-15-7-9;/h4-6,9,15H,1-3,7-8H2;1H/t9-;/m1./s1. The summed E-state index contributed by atoms with van der Waals surface area (Å²) in [5.41, 5.74) is 0. The normalized spacial score (nSPS) is 19.5. The van der Waals surface area contributed by atoms with Crippen LogP contribution in [0, 0.1) is 11.7 Å². The number of hydrogen-bond acceptors (Lipinski definition) is 2. The molecule has 1 aromatic carbocycles. The second-order valence-electron chi connectivity index (χ2n) is 4.13. The lowest BCUT2D eigenvalue weighted by molar-refractivity contribution is 0.218. The quantitative estimate of drug-likeness (QED) is 0.920. The summed E-state index contributed by atoms with van der Waals surface area (Å²) in [7, 11) is 0. The van der Waals surface area contributed by atoms with Gasteiger partial charge in [-0.2, -0.15) is 0 Å². The van der Waals surface area contributed by atoms with Crippen molar-refractivity contribution < 1.29 is 9.13 Å². The molecule has 1 N–H and O–H groups in total. The smallest absolute Gasteiger partial charge is 0.128 e. The zero-order valence-corrected chi connectivity index (χ0v) is 11.8. The molecular formula is C12H16BrClFNO. The Morgan fingerprint density at radius 3 is 2.88 bits per heavy atom. The molecule has 1 atom stereocenters. The first-order valence-electron chi connectivity index (χ1n) is 5.53. The maximum atomic E-state index is 13.1. The van der Waals surface area contributed by atoms with Gasteiger partial charge >= 0.3 is 0 Å². The lowest BCUT2D eigenvalue weighted by atomic mass is 10.0. The molecule has 17 heavy (non-hydrogen) atoms. The molecule has 0 spiro atoms. The van der Waals surface area contributed by atoms with E-state index >= 15 is 0 Å². The predicted molar refractivity (Wildman–Crippen MR) is 72.4 cm³/mol. The van der Waals surface area contributed by atoms with Gasteiger partial charge in [-0.3, -0.25) is 0 Å². The van der Waals surface area contributed by atoms with Crippen LogP contribution in [-0.4, -0.2) is 19.7 Å². The predicted octanol–water partition coefficient (Wildman–Crippen LogP) is 3.39. The summed E-state index contributed by atoms with van der Waals surface area (Å²) in [4.78, 5) is 0. The van der Waals surface area contributed by atoms with E-state index in [1.54, 1.807) is 6.07 Å². The van der Waals surface area contributed by atoms with Crippen LogP contribution in [0.2, 0.25) is 0 Å². The molecule has 0 aromatic heterocycles. The van der Waals surface area contributed by atoms with E-state index in [0.717, 1.165) is 13.1 Å². The molecule has 5 heteroatoms. The molecule has 0 amide bonds. The van der Waals surface area contributed by atoms with Gasteiger partial charge in [-0.1, -0.05) is 15.9 Å². The number of ether oxygens (including phenoxy) is 1. The summed E-state index contributed by atoms with van der Waals surface area (Å²) in [6.07, 6.45) is 2.38. The van der Waals surface area contributed by atoms with Crippen molar-refractivity contribution in [3.05, 3.63) is 28.5 Å². The molecule has 1 heterocycles. The Labute approximate surface area is 115 Å². The molecule has 1 saturated heterocycles. The highest BCUT2D eigenvalue weighted by atomic mass is 79.9. The van der Waals surface area contributed by atoms with Crippen molar-refractivity contribution in [1.82, 2.24) is 5.32 Å². The first-order chi connectivity index (χ1) is 7.74. The van der Waals surface area contributed by atoms with Crippen molar-refractivity contribution in [3.8, 4) is 5.75 Å². The number of benzene rings is 1. The third-order valence-corrected chi connectivity index (χ3v) is 3.18. The fourth-order valence-corrected chi connectivity index (χ4v) is 2.34. The third-order valence-electron chi connectivity index (χ3n) is 2.72. The van der Waals surface area contributed by atoms with Crippen molar-refractivity contribution >= 4 is 28.3 Å². The highest BCUT2D eigenvalue weighted by Gasteiger charge is 2.13. The van der Waals surface area contributed by atoms with Crippen LogP contribution in [0.1, 0.15) is 12.8 Å². The van der Waals surface area contributed by atoms with Gasteiger partial charge in [0.2, 0.25) is 0 Å². The highest BCUT2D eigenvalue weighted by molar-refractivity contribution is 9.10. The Balaban J connectivity index is 0.00000144. The van der Waals surface area contributed by atoms with Gasteiger partial charge in [0.05, 0.1) is 6.61 Å². The third kappa shape index (κ3) is 4.82. The van der Waals surface area contributed by atoms with Crippen LogP contribution >= 0.6 is 28.3 Å². The zero-order chi connectivity index (χ0) is 11.4. The Hall–Kier alpha value is -0.320. The van der Waals surface area contributed by atoms with Crippen LogP contribution in [0.25, 0.3) is 0 Å². The molecule has 0 radical (unpaired) electrons. The monoisotopic (exact) mass is 323 g/mol. The van der Waals surface area contributed by atoms with Crippen LogP contribution < -0.4 is 10.1 Å². The van der Waals surface area contributed by atoms with E-state index in [9.17, 15) is 4.39 Å². The van der Waals surface area contributed by atoms with Gasteiger partial charge in [-0.05, 0) is 31.5 Å². The van der Waals surface area contributed by atoms with Gasteiger partial charge in [0.25, 0.3) is 0 Å². The summed E-state index contributed by atoms with van der Waals surface area (Å²) in [6.45, 7) is 2.75. The van der Waals surface area contributed by atoms with E-state index in [-0.39, 0.29) is 18.2 Å². The first kappa shape index (κ1) is 14.7. The molecule has 1 fully saturated rings. The van der Waals surface area contributed by atoms with Gasteiger partial charge in [0.15, 0.2) is 0 Å². The maximum absolute atomic E-state index is 13.1. The van der Waals surface area contributed by atoms with E-state index in [2.05, 4.69) is 21.2 Å². The number of hydrogen-bond donors (Lipinski definition) is 1. The molecule has 1 aliphatic heterocycles. The molecule has 0 saturated carbocycles. The lowest BCUT2D eigenvalue weighted by Crippen LogP contribution is -2.33. The summed E-state index contributed by atoms with van der Waals surface area (Å²) < 4.78 is 19.4. The van der Waals surface area contributed by atoms with Crippen LogP contribution in [0.3, 0.4) is 0 Å². The van der Waals surface area contributed by atoms with E-state index in [4.69, 9.17) is 4.74 Å². The fraction of sp³-hybridized carbons (Fsp3) is 0.500. The maximum Gasteiger partial charge on any atom is 0.128 e. The lowest BCUT2D eigenvalue weighted by Gasteiger charge is -2.22. The summed E-state index contributed by atoms with van der Waals surface area (Å²) in [5.74, 6) is 0.861. The molecule has 1 aromatic rings. The van der Waals surface area contributed by atoms with Gasteiger partial charge in [-0.25, -0.2) is 4.39 Å². The molecule has 2 nitrogen and oxygen atoms in total. The molecule has 1 aliphatic rings. The largest absolute Gasteiger partial charge is 0.493 e. The number of rotatable bonds is 3.